The van der Waals surface area contributed by atoms with Crippen molar-refractivity contribution in [1.29, 1.82) is 0 Å². The fourth-order valence-electron chi connectivity index (χ4n) is 1.97. The molecule has 0 saturated carbocycles. The highest BCUT2D eigenvalue weighted by molar-refractivity contribution is 7.94. The Balaban J connectivity index is 2.09. The van der Waals surface area contributed by atoms with Gasteiger partial charge < -0.3 is 10.4 Å². The second kappa shape index (κ2) is 4.70. The molecule has 2 unspecified atom stereocenters. The first kappa shape index (κ1) is 13.0. The number of sulfone groups is 1. The minimum atomic E-state index is -3.11. The van der Waals surface area contributed by atoms with E-state index in [9.17, 15) is 17.9 Å². The van der Waals surface area contributed by atoms with Gasteiger partial charge in [0.05, 0.1) is 5.75 Å². The van der Waals surface area contributed by atoms with Gasteiger partial charge in [0.1, 0.15) is 11.6 Å². The van der Waals surface area contributed by atoms with Crippen molar-refractivity contribution in [3.8, 4) is 5.75 Å². The summed E-state index contributed by atoms with van der Waals surface area (Å²) in [4.78, 5) is 0. The fourth-order valence-corrected chi connectivity index (χ4v) is 3.22. The number of hydrogen-bond donors (Lipinski definition) is 2. The van der Waals surface area contributed by atoms with Gasteiger partial charge in [0.15, 0.2) is 9.84 Å². The third-order valence-electron chi connectivity index (χ3n) is 2.85. The van der Waals surface area contributed by atoms with Gasteiger partial charge in [0.25, 0.3) is 0 Å². The van der Waals surface area contributed by atoms with Crippen LogP contribution >= 0.6 is 0 Å². The van der Waals surface area contributed by atoms with Crippen LogP contribution in [0.2, 0.25) is 0 Å². The molecule has 2 rings (SSSR count). The molecule has 0 amide bonds. The molecule has 1 aromatic rings. The van der Waals surface area contributed by atoms with E-state index in [1.807, 2.05) is 0 Å². The number of hydrogen-bond acceptors (Lipinski definition) is 4. The van der Waals surface area contributed by atoms with E-state index >= 15 is 0 Å². The molecule has 0 spiro atoms. The maximum atomic E-state index is 12.8. The Labute approximate surface area is 105 Å². The normalized spacial score (nSPS) is 23.1. The molecule has 0 aromatic heterocycles. The second-order valence-corrected chi connectivity index (χ2v) is 6.29. The van der Waals surface area contributed by atoms with Crippen LogP contribution in [0, 0.1) is 5.82 Å². The van der Waals surface area contributed by atoms with Gasteiger partial charge in [-0.1, -0.05) is 12.1 Å². The predicted octanol–water partition coefficient (Wildman–Crippen LogP) is 1.49. The van der Waals surface area contributed by atoms with Crippen LogP contribution in [0.1, 0.15) is 18.5 Å². The lowest BCUT2D eigenvalue weighted by molar-refractivity contribution is 0.443. The quantitative estimate of drug-likeness (QED) is 0.874. The predicted molar refractivity (Wildman–Crippen MR) is 66.3 cm³/mol. The van der Waals surface area contributed by atoms with Gasteiger partial charge in [-0.15, -0.1) is 0 Å². The number of halogens is 1. The van der Waals surface area contributed by atoms with Crippen LogP contribution in [-0.2, 0) is 9.84 Å². The molecular formula is C12H14FNO3S. The number of rotatable bonds is 3. The number of phenolic OH excluding ortho intramolecular Hbond substituents is 1. The van der Waals surface area contributed by atoms with E-state index in [4.69, 9.17) is 0 Å². The Hall–Kier alpha value is -1.40. The molecule has 2 atom stereocenters. The molecule has 1 aromatic carbocycles. The van der Waals surface area contributed by atoms with Gasteiger partial charge in [-0.05, 0) is 13.0 Å². The highest BCUT2D eigenvalue weighted by atomic mass is 32.2. The summed E-state index contributed by atoms with van der Waals surface area (Å²) in [5.74, 6) is -0.633. The van der Waals surface area contributed by atoms with Crippen molar-refractivity contribution in [3.05, 3.63) is 41.1 Å². The van der Waals surface area contributed by atoms with Gasteiger partial charge in [0.2, 0.25) is 0 Å². The van der Waals surface area contributed by atoms with Crippen molar-refractivity contribution in [2.24, 2.45) is 0 Å². The summed E-state index contributed by atoms with van der Waals surface area (Å²) in [6, 6.07) is 3.22. The van der Waals surface area contributed by atoms with Crippen molar-refractivity contribution < 1.29 is 17.9 Å². The SMILES string of the molecule is CC(NC1C=CS(=O)(=O)C1)c1ccc(F)cc1O. The molecule has 18 heavy (non-hydrogen) atoms. The minimum Gasteiger partial charge on any atom is -0.508 e. The smallest absolute Gasteiger partial charge is 0.173 e. The average molecular weight is 271 g/mol. The lowest BCUT2D eigenvalue weighted by Crippen LogP contribution is -2.32. The summed E-state index contributed by atoms with van der Waals surface area (Å²) in [7, 11) is -3.11. The standard InChI is InChI=1S/C12H14FNO3S/c1-8(11-3-2-9(13)6-12(11)15)14-10-4-5-18(16,17)7-10/h2-6,8,10,14-15H,7H2,1H3. The molecule has 98 valence electrons. The Morgan fingerprint density at radius 2 is 2.22 bits per heavy atom. The second-order valence-electron chi connectivity index (χ2n) is 4.36. The summed E-state index contributed by atoms with van der Waals surface area (Å²) < 4.78 is 35.3. The average Bonchev–Trinajstić information content (AvgIpc) is 2.57. The van der Waals surface area contributed by atoms with E-state index < -0.39 is 15.7 Å². The molecule has 0 fully saturated rings. The first-order valence-corrected chi connectivity index (χ1v) is 7.24. The molecule has 0 radical (unpaired) electrons. The number of phenols is 1. The van der Waals surface area contributed by atoms with Crippen LogP contribution in [0.5, 0.6) is 5.75 Å². The van der Waals surface area contributed by atoms with Crippen LogP contribution in [0.3, 0.4) is 0 Å². The Morgan fingerprint density at radius 1 is 1.50 bits per heavy atom. The first-order valence-electron chi connectivity index (χ1n) is 5.53. The van der Waals surface area contributed by atoms with Crippen LogP contribution in [-0.4, -0.2) is 25.3 Å². The molecule has 6 heteroatoms. The maximum absolute atomic E-state index is 12.8. The Bertz CT molecular complexity index is 583. The molecule has 4 nitrogen and oxygen atoms in total. The topological polar surface area (TPSA) is 66.4 Å². The molecular weight excluding hydrogens is 257 g/mol. The molecule has 1 aliphatic heterocycles. The van der Waals surface area contributed by atoms with Gasteiger partial charge in [0, 0.05) is 29.1 Å². The molecule has 1 aliphatic rings. The summed E-state index contributed by atoms with van der Waals surface area (Å²) in [6.45, 7) is 1.78. The third kappa shape index (κ3) is 2.88. The van der Waals surface area contributed by atoms with Crippen LogP contribution < -0.4 is 5.32 Å². The summed E-state index contributed by atoms with van der Waals surface area (Å²) in [6.07, 6.45) is 1.58. The van der Waals surface area contributed by atoms with E-state index in [2.05, 4.69) is 5.32 Å². The summed E-state index contributed by atoms with van der Waals surface area (Å²) in [5, 5.41) is 13.9. The minimum absolute atomic E-state index is 0.0132. The highest BCUT2D eigenvalue weighted by Crippen LogP contribution is 2.25. The number of nitrogens with one attached hydrogen (secondary N) is 1. The zero-order valence-electron chi connectivity index (χ0n) is 9.80. The van der Waals surface area contributed by atoms with Gasteiger partial charge >= 0.3 is 0 Å². The van der Waals surface area contributed by atoms with E-state index in [0.29, 0.717) is 5.56 Å². The Kier molecular flexibility index (Phi) is 3.41. The van der Waals surface area contributed by atoms with Gasteiger partial charge in [-0.25, -0.2) is 12.8 Å². The number of benzene rings is 1. The van der Waals surface area contributed by atoms with Crippen molar-refractivity contribution in [3.63, 3.8) is 0 Å². The highest BCUT2D eigenvalue weighted by Gasteiger charge is 2.23. The first-order chi connectivity index (χ1) is 8.37. The Morgan fingerprint density at radius 3 is 2.78 bits per heavy atom. The summed E-state index contributed by atoms with van der Waals surface area (Å²) >= 11 is 0. The van der Waals surface area contributed by atoms with Gasteiger partial charge in [-0.3, -0.25) is 0 Å². The van der Waals surface area contributed by atoms with Crippen LogP contribution in [0.15, 0.2) is 29.7 Å². The maximum Gasteiger partial charge on any atom is 0.173 e. The molecule has 0 bridgehead atoms. The zero-order chi connectivity index (χ0) is 13.3. The molecule has 1 heterocycles. The van der Waals surface area contributed by atoms with E-state index in [0.717, 1.165) is 6.07 Å². The molecule has 0 saturated heterocycles. The van der Waals surface area contributed by atoms with Crippen LogP contribution in [0.4, 0.5) is 4.39 Å². The lowest BCUT2D eigenvalue weighted by atomic mass is 10.1. The zero-order valence-corrected chi connectivity index (χ0v) is 10.6. The van der Waals surface area contributed by atoms with E-state index in [1.165, 1.54) is 17.5 Å². The van der Waals surface area contributed by atoms with Crippen molar-refractivity contribution in [1.82, 2.24) is 5.32 Å². The molecule has 2 N–H and O–H groups in total. The van der Waals surface area contributed by atoms with Crippen LogP contribution in [0.25, 0.3) is 0 Å². The van der Waals surface area contributed by atoms with Crippen molar-refractivity contribution in [2.75, 3.05) is 5.75 Å². The monoisotopic (exact) mass is 271 g/mol. The third-order valence-corrected chi connectivity index (χ3v) is 4.25. The largest absolute Gasteiger partial charge is 0.508 e. The fraction of sp³-hybridized carbons (Fsp3) is 0.333. The van der Waals surface area contributed by atoms with Gasteiger partial charge in [-0.2, -0.15) is 0 Å². The van der Waals surface area contributed by atoms with E-state index in [-0.39, 0.29) is 23.6 Å². The molecule has 0 aliphatic carbocycles. The van der Waals surface area contributed by atoms with Crippen molar-refractivity contribution >= 4 is 9.84 Å². The number of aromatic hydroxyl groups is 1. The van der Waals surface area contributed by atoms with Crippen molar-refractivity contribution in [2.45, 2.75) is 19.0 Å². The van der Waals surface area contributed by atoms with E-state index in [1.54, 1.807) is 13.0 Å². The lowest BCUT2D eigenvalue weighted by Gasteiger charge is -2.19. The summed E-state index contributed by atoms with van der Waals surface area (Å²) in [5.41, 5.74) is 0.536.